The highest BCUT2D eigenvalue weighted by Gasteiger charge is 2.18. The fourth-order valence-electron chi connectivity index (χ4n) is 1.60. The maximum absolute atomic E-state index is 13.7. The van der Waals surface area contributed by atoms with Crippen molar-refractivity contribution < 1.29 is 4.39 Å². The standard InChI is InChI=1S/C13H17ClFN/c1-4-8-16-13(9(2)3)12-10(14)6-5-7-11(12)15/h5-7,13,16H,2,4,8H2,1,3H3. The minimum atomic E-state index is -0.288. The van der Waals surface area contributed by atoms with Gasteiger partial charge in [-0.3, -0.25) is 0 Å². The van der Waals surface area contributed by atoms with Gasteiger partial charge >= 0.3 is 0 Å². The second-order valence-electron chi connectivity index (χ2n) is 3.87. The van der Waals surface area contributed by atoms with Crippen LogP contribution in [0.15, 0.2) is 30.4 Å². The zero-order valence-corrected chi connectivity index (χ0v) is 10.4. The molecule has 3 heteroatoms. The van der Waals surface area contributed by atoms with E-state index >= 15 is 0 Å². The predicted octanol–water partition coefficient (Wildman–Crippen LogP) is 4.10. The van der Waals surface area contributed by atoms with Crippen molar-refractivity contribution in [1.29, 1.82) is 0 Å². The molecule has 0 radical (unpaired) electrons. The summed E-state index contributed by atoms with van der Waals surface area (Å²) >= 11 is 6.03. The van der Waals surface area contributed by atoms with Crippen LogP contribution in [0.2, 0.25) is 5.02 Å². The smallest absolute Gasteiger partial charge is 0.129 e. The summed E-state index contributed by atoms with van der Waals surface area (Å²) in [7, 11) is 0. The van der Waals surface area contributed by atoms with E-state index < -0.39 is 0 Å². The van der Waals surface area contributed by atoms with Crippen molar-refractivity contribution in [3.05, 3.63) is 46.8 Å². The van der Waals surface area contributed by atoms with Gasteiger partial charge < -0.3 is 5.32 Å². The third-order valence-electron chi connectivity index (χ3n) is 2.38. The Balaban J connectivity index is 3.05. The van der Waals surface area contributed by atoms with Crippen LogP contribution in [-0.2, 0) is 0 Å². The van der Waals surface area contributed by atoms with Crippen LogP contribution in [0.25, 0.3) is 0 Å². The molecule has 0 aliphatic rings. The molecule has 1 nitrogen and oxygen atoms in total. The molecule has 1 N–H and O–H groups in total. The molecule has 0 saturated heterocycles. The zero-order valence-electron chi connectivity index (χ0n) is 9.69. The first-order valence-electron chi connectivity index (χ1n) is 5.40. The number of rotatable bonds is 5. The largest absolute Gasteiger partial charge is 0.306 e. The highest BCUT2D eigenvalue weighted by Crippen LogP contribution is 2.29. The van der Waals surface area contributed by atoms with E-state index in [1.165, 1.54) is 6.07 Å². The third-order valence-corrected chi connectivity index (χ3v) is 2.71. The monoisotopic (exact) mass is 241 g/mol. The molecule has 0 spiro atoms. The quantitative estimate of drug-likeness (QED) is 0.766. The van der Waals surface area contributed by atoms with E-state index in [1.807, 2.05) is 6.92 Å². The summed E-state index contributed by atoms with van der Waals surface area (Å²) in [6.45, 7) is 8.62. The average Bonchev–Trinajstić information content (AvgIpc) is 2.21. The number of nitrogens with one attached hydrogen (secondary N) is 1. The van der Waals surface area contributed by atoms with Crippen LogP contribution in [0.5, 0.6) is 0 Å². The van der Waals surface area contributed by atoms with E-state index in [0.717, 1.165) is 18.5 Å². The van der Waals surface area contributed by atoms with Gasteiger partial charge in [0.15, 0.2) is 0 Å². The molecular weight excluding hydrogens is 225 g/mol. The zero-order chi connectivity index (χ0) is 12.1. The molecule has 1 unspecified atom stereocenters. The molecule has 0 amide bonds. The lowest BCUT2D eigenvalue weighted by Gasteiger charge is -2.20. The van der Waals surface area contributed by atoms with Crippen LogP contribution in [-0.4, -0.2) is 6.54 Å². The van der Waals surface area contributed by atoms with E-state index in [9.17, 15) is 4.39 Å². The highest BCUT2D eigenvalue weighted by atomic mass is 35.5. The summed E-state index contributed by atoms with van der Waals surface area (Å²) in [5.41, 5.74) is 1.35. The normalized spacial score (nSPS) is 12.5. The van der Waals surface area contributed by atoms with E-state index in [1.54, 1.807) is 12.1 Å². The van der Waals surface area contributed by atoms with Gasteiger partial charge in [0, 0.05) is 10.6 Å². The van der Waals surface area contributed by atoms with Gasteiger partial charge in [0.1, 0.15) is 5.82 Å². The van der Waals surface area contributed by atoms with E-state index in [-0.39, 0.29) is 11.9 Å². The van der Waals surface area contributed by atoms with Crippen LogP contribution >= 0.6 is 11.6 Å². The Kier molecular flexibility index (Phi) is 4.97. The van der Waals surface area contributed by atoms with Gasteiger partial charge in [0.05, 0.1) is 6.04 Å². The van der Waals surface area contributed by atoms with Crippen molar-refractivity contribution in [3.63, 3.8) is 0 Å². The molecule has 1 atom stereocenters. The Morgan fingerprint density at radius 3 is 2.75 bits per heavy atom. The molecular formula is C13H17ClFN. The Bertz CT molecular complexity index is 356. The average molecular weight is 242 g/mol. The second kappa shape index (κ2) is 6.02. The highest BCUT2D eigenvalue weighted by molar-refractivity contribution is 6.31. The SMILES string of the molecule is C=C(C)C(NCCC)c1c(F)cccc1Cl. The van der Waals surface area contributed by atoms with Crippen molar-refractivity contribution in [3.8, 4) is 0 Å². The predicted molar refractivity (Wildman–Crippen MR) is 67.3 cm³/mol. The molecule has 1 aromatic carbocycles. The summed E-state index contributed by atoms with van der Waals surface area (Å²) in [5.74, 6) is -0.288. The minimum absolute atomic E-state index is 0.214. The minimum Gasteiger partial charge on any atom is -0.306 e. The molecule has 0 heterocycles. The Morgan fingerprint density at radius 1 is 1.56 bits per heavy atom. The first-order chi connectivity index (χ1) is 7.57. The van der Waals surface area contributed by atoms with Gasteiger partial charge in [-0.2, -0.15) is 0 Å². The molecule has 0 saturated carbocycles. The second-order valence-corrected chi connectivity index (χ2v) is 4.28. The van der Waals surface area contributed by atoms with Crippen molar-refractivity contribution >= 4 is 11.6 Å². The number of benzene rings is 1. The van der Waals surface area contributed by atoms with Gasteiger partial charge in [-0.05, 0) is 32.0 Å². The molecule has 88 valence electrons. The summed E-state index contributed by atoms with van der Waals surface area (Å²) in [4.78, 5) is 0. The topological polar surface area (TPSA) is 12.0 Å². The first-order valence-corrected chi connectivity index (χ1v) is 5.78. The van der Waals surface area contributed by atoms with Crippen molar-refractivity contribution in [1.82, 2.24) is 5.32 Å². The lowest BCUT2D eigenvalue weighted by Crippen LogP contribution is -2.24. The fourth-order valence-corrected chi connectivity index (χ4v) is 1.87. The number of hydrogen-bond donors (Lipinski definition) is 1. The van der Waals surface area contributed by atoms with Gasteiger partial charge in [0.25, 0.3) is 0 Å². The Labute approximate surface area is 101 Å². The van der Waals surface area contributed by atoms with Crippen LogP contribution < -0.4 is 5.32 Å². The van der Waals surface area contributed by atoms with Crippen LogP contribution in [0, 0.1) is 5.82 Å². The van der Waals surface area contributed by atoms with E-state index in [0.29, 0.717) is 10.6 Å². The molecule has 0 aromatic heterocycles. The van der Waals surface area contributed by atoms with Crippen molar-refractivity contribution in [2.45, 2.75) is 26.3 Å². The molecule has 1 aromatic rings. The third kappa shape index (κ3) is 3.06. The van der Waals surface area contributed by atoms with Crippen LogP contribution in [0.1, 0.15) is 31.9 Å². The van der Waals surface area contributed by atoms with E-state index in [2.05, 4.69) is 18.8 Å². The van der Waals surface area contributed by atoms with Gasteiger partial charge in [-0.1, -0.05) is 36.7 Å². The maximum atomic E-state index is 13.7. The van der Waals surface area contributed by atoms with Crippen LogP contribution in [0.3, 0.4) is 0 Å². The first kappa shape index (κ1) is 13.2. The van der Waals surface area contributed by atoms with Gasteiger partial charge in [-0.15, -0.1) is 0 Å². The lowest BCUT2D eigenvalue weighted by atomic mass is 10.00. The molecule has 0 bridgehead atoms. The summed E-state index contributed by atoms with van der Waals surface area (Å²) in [5, 5.41) is 3.68. The summed E-state index contributed by atoms with van der Waals surface area (Å²) in [6.07, 6.45) is 0.982. The molecule has 0 aliphatic heterocycles. The van der Waals surface area contributed by atoms with Crippen molar-refractivity contribution in [2.24, 2.45) is 0 Å². The molecule has 16 heavy (non-hydrogen) atoms. The Hall–Kier alpha value is -0.860. The summed E-state index contributed by atoms with van der Waals surface area (Å²) < 4.78 is 13.7. The van der Waals surface area contributed by atoms with Gasteiger partial charge in [0.2, 0.25) is 0 Å². The van der Waals surface area contributed by atoms with E-state index in [4.69, 9.17) is 11.6 Å². The lowest BCUT2D eigenvalue weighted by molar-refractivity contribution is 0.542. The fraction of sp³-hybridized carbons (Fsp3) is 0.385. The van der Waals surface area contributed by atoms with Crippen molar-refractivity contribution in [2.75, 3.05) is 6.54 Å². The number of hydrogen-bond acceptors (Lipinski definition) is 1. The molecule has 1 rings (SSSR count). The molecule has 0 fully saturated rings. The molecule has 0 aliphatic carbocycles. The van der Waals surface area contributed by atoms with Gasteiger partial charge in [-0.25, -0.2) is 4.39 Å². The number of halogens is 2. The summed E-state index contributed by atoms with van der Waals surface area (Å²) in [6, 6.07) is 4.51. The maximum Gasteiger partial charge on any atom is 0.129 e. The van der Waals surface area contributed by atoms with Crippen LogP contribution in [0.4, 0.5) is 4.39 Å². The Morgan fingerprint density at radius 2 is 2.25 bits per heavy atom.